The van der Waals surface area contributed by atoms with Crippen molar-refractivity contribution < 1.29 is 56.5 Å². The number of aliphatic hydroxyl groups excluding tert-OH is 1. The van der Waals surface area contributed by atoms with Crippen LogP contribution in [0.1, 0.15) is 26.2 Å². The smallest absolute Gasteiger partial charge is 0.396 e. The molecule has 0 aromatic rings. The number of carbonyl (C=O) groups is 1. The second kappa shape index (κ2) is 21.3. The molecule has 0 radical (unpaired) electrons. The van der Waals surface area contributed by atoms with E-state index in [-0.39, 0.29) is 51.5 Å². The number of carbonyl (C=O) groups excluding carboxylic acids is 1. The van der Waals surface area contributed by atoms with Crippen LogP contribution in [0.4, 0.5) is 0 Å². The van der Waals surface area contributed by atoms with E-state index in [2.05, 4.69) is 10.2 Å². The SMILES string of the molecule is COOP(OC)OCCOCCOCCOP(=O)(O)OCC(CO)CCCCNC(C)=O. The Morgan fingerprint density at radius 1 is 1.03 bits per heavy atom. The van der Waals surface area contributed by atoms with E-state index in [1.807, 2.05) is 0 Å². The zero-order valence-corrected chi connectivity index (χ0v) is 20.7. The lowest BCUT2D eigenvalue weighted by molar-refractivity contribution is -0.189. The summed E-state index contributed by atoms with van der Waals surface area (Å²) in [5.41, 5.74) is 0. The highest BCUT2D eigenvalue weighted by atomic mass is 31.2. The van der Waals surface area contributed by atoms with E-state index in [0.717, 1.165) is 12.8 Å². The number of amides is 1. The largest absolute Gasteiger partial charge is 0.472 e. The van der Waals surface area contributed by atoms with Gasteiger partial charge < -0.3 is 33.8 Å². The Labute approximate surface area is 190 Å². The molecule has 0 rings (SSSR count). The van der Waals surface area contributed by atoms with E-state index in [4.69, 9.17) is 32.2 Å². The van der Waals surface area contributed by atoms with Gasteiger partial charge in [-0.2, -0.15) is 4.67 Å². The van der Waals surface area contributed by atoms with Gasteiger partial charge in [0, 0.05) is 33.1 Å². The number of phosphoric ester groups is 1. The predicted octanol–water partition coefficient (Wildman–Crippen LogP) is 1.54. The highest BCUT2D eigenvalue weighted by Gasteiger charge is 2.23. The second-order valence-electron chi connectivity index (χ2n) is 6.33. The summed E-state index contributed by atoms with van der Waals surface area (Å²) in [7, 11) is -3.01. The molecule has 192 valence electrons. The van der Waals surface area contributed by atoms with Crippen molar-refractivity contribution in [2.45, 2.75) is 26.2 Å². The average Bonchev–Trinajstić information content (AvgIpc) is 2.75. The molecule has 0 aliphatic rings. The second-order valence-corrected chi connectivity index (χ2v) is 9.00. The molecule has 0 aliphatic carbocycles. The normalized spacial score (nSPS) is 15.3. The fourth-order valence-corrected chi connectivity index (χ4v) is 3.49. The van der Waals surface area contributed by atoms with Crippen LogP contribution in [0.15, 0.2) is 0 Å². The Morgan fingerprint density at radius 2 is 1.69 bits per heavy atom. The molecule has 0 spiro atoms. The van der Waals surface area contributed by atoms with Crippen LogP contribution in [0, 0.1) is 5.92 Å². The van der Waals surface area contributed by atoms with Gasteiger partial charge in [0.15, 0.2) is 0 Å². The summed E-state index contributed by atoms with van der Waals surface area (Å²) < 4.78 is 47.0. The Hall–Kier alpha value is -0.270. The average molecular weight is 509 g/mol. The maximum Gasteiger partial charge on any atom is 0.472 e. The number of phosphoric acid groups is 1. The van der Waals surface area contributed by atoms with Gasteiger partial charge in [-0.3, -0.25) is 13.8 Å². The first kappa shape index (κ1) is 31.7. The number of unbranched alkanes of at least 4 members (excludes halogenated alkanes) is 1. The van der Waals surface area contributed by atoms with Crippen molar-refractivity contribution in [1.29, 1.82) is 0 Å². The van der Waals surface area contributed by atoms with Gasteiger partial charge in [-0.1, -0.05) is 6.42 Å². The lowest BCUT2D eigenvalue weighted by atomic mass is 10.0. The standard InChI is InChI=1S/C17H37NO12P2/c1-16(20)18-7-5-4-6-17(14-19)15-29-32(21,22)28-13-11-26-9-8-25-10-12-27-31(24-3)30-23-2/h17,19H,4-15H2,1-3H3,(H,18,20)(H,21,22). The molecule has 13 nitrogen and oxygen atoms in total. The van der Waals surface area contributed by atoms with Gasteiger partial charge in [-0.25, -0.2) is 9.45 Å². The first-order valence-corrected chi connectivity index (χ1v) is 12.7. The van der Waals surface area contributed by atoms with Crippen LogP contribution in [0.25, 0.3) is 0 Å². The van der Waals surface area contributed by atoms with Crippen LogP contribution < -0.4 is 5.32 Å². The van der Waals surface area contributed by atoms with Gasteiger partial charge in [0.05, 0.1) is 53.4 Å². The molecule has 0 aromatic carbocycles. The Bertz CT molecular complexity index is 502. The summed E-state index contributed by atoms with van der Waals surface area (Å²) in [5, 5.41) is 12.0. The highest BCUT2D eigenvalue weighted by molar-refractivity contribution is 7.47. The molecular weight excluding hydrogens is 472 g/mol. The van der Waals surface area contributed by atoms with Crippen LogP contribution in [-0.2, 0) is 46.5 Å². The number of hydrogen-bond acceptors (Lipinski definition) is 11. The number of rotatable bonds is 23. The van der Waals surface area contributed by atoms with E-state index in [0.29, 0.717) is 26.2 Å². The van der Waals surface area contributed by atoms with Gasteiger partial charge in [0.2, 0.25) is 5.91 Å². The van der Waals surface area contributed by atoms with E-state index >= 15 is 0 Å². The molecular formula is C17H37NO12P2. The topological polar surface area (TPSA) is 160 Å². The number of nitrogens with one attached hydrogen (secondary N) is 1. The fraction of sp³-hybridized carbons (Fsp3) is 0.941. The predicted molar refractivity (Wildman–Crippen MR) is 114 cm³/mol. The Balaban J connectivity index is 3.68. The number of hydrogen-bond donors (Lipinski definition) is 3. The van der Waals surface area contributed by atoms with E-state index < -0.39 is 16.4 Å². The molecule has 32 heavy (non-hydrogen) atoms. The molecule has 1 amide bonds. The van der Waals surface area contributed by atoms with Gasteiger partial charge in [0.25, 0.3) is 0 Å². The monoisotopic (exact) mass is 509 g/mol. The summed E-state index contributed by atoms with van der Waals surface area (Å²) in [6.07, 6.45) is 2.08. The highest BCUT2D eigenvalue weighted by Crippen LogP contribution is 2.43. The van der Waals surface area contributed by atoms with Crippen LogP contribution in [0.3, 0.4) is 0 Å². The van der Waals surface area contributed by atoms with E-state index in [1.54, 1.807) is 0 Å². The van der Waals surface area contributed by atoms with Gasteiger partial charge in [-0.15, -0.1) is 0 Å². The van der Waals surface area contributed by atoms with Crippen LogP contribution in [0.2, 0.25) is 0 Å². The molecule has 0 aromatic heterocycles. The summed E-state index contributed by atoms with van der Waals surface area (Å²) in [6.45, 7) is 2.76. The van der Waals surface area contributed by atoms with Crippen molar-refractivity contribution in [3.63, 3.8) is 0 Å². The first-order valence-electron chi connectivity index (χ1n) is 10.1. The number of ether oxygens (including phenoxy) is 2. The molecule has 0 aliphatic heterocycles. The minimum Gasteiger partial charge on any atom is -0.396 e. The molecule has 0 saturated carbocycles. The Morgan fingerprint density at radius 3 is 2.28 bits per heavy atom. The quantitative estimate of drug-likeness (QED) is 0.0790. The van der Waals surface area contributed by atoms with Crippen LogP contribution in [0.5, 0.6) is 0 Å². The molecule has 0 heterocycles. The van der Waals surface area contributed by atoms with Crippen molar-refractivity contribution in [3.05, 3.63) is 0 Å². The third-order valence-electron chi connectivity index (χ3n) is 3.71. The molecule has 0 saturated heterocycles. The Kier molecular flexibility index (Phi) is 21.1. The van der Waals surface area contributed by atoms with Crippen molar-refractivity contribution in [2.24, 2.45) is 5.92 Å². The van der Waals surface area contributed by atoms with Crippen molar-refractivity contribution in [3.8, 4) is 0 Å². The van der Waals surface area contributed by atoms with Gasteiger partial charge >= 0.3 is 16.4 Å². The summed E-state index contributed by atoms with van der Waals surface area (Å²) in [6, 6.07) is 0. The molecule has 0 bridgehead atoms. The first-order chi connectivity index (χ1) is 15.3. The lowest BCUT2D eigenvalue weighted by Crippen LogP contribution is -2.21. The van der Waals surface area contributed by atoms with Crippen LogP contribution in [-0.4, -0.2) is 89.5 Å². The fourth-order valence-electron chi connectivity index (χ4n) is 2.16. The van der Waals surface area contributed by atoms with Crippen LogP contribution >= 0.6 is 16.4 Å². The zero-order chi connectivity index (χ0) is 24.1. The lowest BCUT2D eigenvalue weighted by Gasteiger charge is -2.17. The maximum atomic E-state index is 11.9. The third-order valence-corrected chi connectivity index (χ3v) is 5.65. The summed E-state index contributed by atoms with van der Waals surface area (Å²) in [4.78, 5) is 24.9. The molecule has 0 fully saturated rings. The summed E-state index contributed by atoms with van der Waals surface area (Å²) >= 11 is 0. The van der Waals surface area contributed by atoms with Crippen molar-refractivity contribution in [1.82, 2.24) is 5.32 Å². The molecule has 3 unspecified atom stereocenters. The molecule has 3 atom stereocenters. The van der Waals surface area contributed by atoms with Crippen molar-refractivity contribution in [2.75, 3.05) is 73.6 Å². The minimum absolute atomic E-state index is 0.0804. The van der Waals surface area contributed by atoms with Gasteiger partial charge in [0.1, 0.15) is 0 Å². The van der Waals surface area contributed by atoms with E-state index in [9.17, 15) is 19.4 Å². The van der Waals surface area contributed by atoms with E-state index in [1.165, 1.54) is 21.1 Å². The van der Waals surface area contributed by atoms with Gasteiger partial charge in [-0.05, 0) is 12.8 Å². The number of aliphatic hydroxyl groups is 1. The molecule has 15 heteroatoms. The summed E-state index contributed by atoms with van der Waals surface area (Å²) in [5.74, 6) is -0.391. The third kappa shape index (κ3) is 20.3. The maximum absolute atomic E-state index is 11.9. The minimum atomic E-state index is -4.23. The zero-order valence-electron chi connectivity index (χ0n) is 18.9. The van der Waals surface area contributed by atoms with Crippen molar-refractivity contribution >= 4 is 22.3 Å². The molecule has 3 N–H and O–H groups in total.